The Morgan fingerprint density at radius 3 is 3.00 bits per heavy atom. The Hall–Kier alpha value is -1.03. The molecule has 0 saturated carbocycles. The SMILES string of the molecule is CCC(c1cccnc1)N1CC(S)CC1=O. The van der Waals surface area contributed by atoms with Crippen LogP contribution in [0.25, 0.3) is 0 Å². The van der Waals surface area contributed by atoms with Gasteiger partial charge < -0.3 is 4.90 Å². The zero-order valence-electron chi connectivity index (χ0n) is 9.34. The molecule has 0 bridgehead atoms. The van der Waals surface area contributed by atoms with Gasteiger partial charge in [-0.3, -0.25) is 9.78 Å². The monoisotopic (exact) mass is 236 g/mol. The van der Waals surface area contributed by atoms with E-state index in [0.29, 0.717) is 6.42 Å². The highest BCUT2D eigenvalue weighted by atomic mass is 32.1. The van der Waals surface area contributed by atoms with E-state index in [1.807, 2.05) is 23.2 Å². The first-order valence-corrected chi connectivity index (χ1v) is 6.11. The summed E-state index contributed by atoms with van der Waals surface area (Å²) in [6, 6.07) is 4.09. The minimum atomic E-state index is 0.151. The molecule has 1 aliphatic heterocycles. The van der Waals surface area contributed by atoms with Gasteiger partial charge in [0.1, 0.15) is 0 Å². The molecule has 0 N–H and O–H groups in total. The van der Waals surface area contributed by atoms with Gasteiger partial charge in [0.25, 0.3) is 0 Å². The first kappa shape index (κ1) is 11.5. The Bertz CT molecular complexity index is 369. The third kappa shape index (κ3) is 2.21. The van der Waals surface area contributed by atoms with Gasteiger partial charge in [0.05, 0.1) is 6.04 Å². The smallest absolute Gasteiger partial charge is 0.224 e. The van der Waals surface area contributed by atoms with E-state index in [1.54, 1.807) is 6.20 Å². The summed E-state index contributed by atoms with van der Waals surface area (Å²) in [6.07, 6.45) is 5.06. The van der Waals surface area contributed by atoms with Crippen LogP contribution in [0.1, 0.15) is 31.4 Å². The van der Waals surface area contributed by atoms with Crippen LogP contribution >= 0.6 is 12.6 Å². The van der Waals surface area contributed by atoms with Crippen molar-refractivity contribution in [3.63, 3.8) is 0 Å². The first-order chi connectivity index (χ1) is 7.72. The molecule has 0 aliphatic carbocycles. The van der Waals surface area contributed by atoms with Crippen LogP contribution in [0.3, 0.4) is 0 Å². The molecular weight excluding hydrogens is 220 g/mol. The van der Waals surface area contributed by atoms with Gasteiger partial charge in [0.2, 0.25) is 5.91 Å². The van der Waals surface area contributed by atoms with Crippen LogP contribution in [0.4, 0.5) is 0 Å². The van der Waals surface area contributed by atoms with Gasteiger partial charge in [-0.1, -0.05) is 13.0 Å². The van der Waals surface area contributed by atoms with Crippen molar-refractivity contribution in [1.82, 2.24) is 9.88 Å². The van der Waals surface area contributed by atoms with Gasteiger partial charge in [0, 0.05) is 30.6 Å². The third-order valence-corrected chi connectivity index (χ3v) is 3.32. The normalized spacial score (nSPS) is 22.5. The summed E-state index contributed by atoms with van der Waals surface area (Å²) in [5.74, 6) is 0.204. The van der Waals surface area contributed by atoms with Crippen molar-refractivity contribution in [2.75, 3.05) is 6.54 Å². The molecule has 0 spiro atoms. The molecule has 2 atom stereocenters. The topological polar surface area (TPSA) is 33.2 Å². The minimum absolute atomic E-state index is 0.151. The highest BCUT2D eigenvalue weighted by molar-refractivity contribution is 7.81. The lowest BCUT2D eigenvalue weighted by Crippen LogP contribution is -2.30. The lowest BCUT2D eigenvalue weighted by molar-refractivity contribution is -0.129. The first-order valence-electron chi connectivity index (χ1n) is 5.59. The molecule has 1 fully saturated rings. The molecule has 2 rings (SSSR count). The van der Waals surface area contributed by atoms with E-state index in [-0.39, 0.29) is 17.2 Å². The van der Waals surface area contributed by atoms with Gasteiger partial charge >= 0.3 is 0 Å². The van der Waals surface area contributed by atoms with Crippen molar-refractivity contribution < 1.29 is 4.79 Å². The molecule has 1 saturated heterocycles. The summed E-state index contributed by atoms with van der Waals surface area (Å²) in [5, 5.41) is 0.179. The van der Waals surface area contributed by atoms with Crippen LogP contribution in [-0.2, 0) is 4.79 Å². The van der Waals surface area contributed by atoms with E-state index in [9.17, 15) is 4.79 Å². The largest absolute Gasteiger partial charge is 0.334 e. The van der Waals surface area contributed by atoms with E-state index < -0.39 is 0 Å². The van der Waals surface area contributed by atoms with Gasteiger partial charge in [-0.25, -0.2) is 0 Å². The van der Waals surface area contributed by atoms with Crippen molar-refractivity contribution in [3.8, 4) is 0 Å². The third-order valence-electron chi connectivity index (χ3n) is 2.97. The molecule has 86 valence electrons. The molecule has 1 amide bonds. The van der Waals surface area contributed by atoms with E-state index >= 15 is 0 Å². The number of thiol groups is 1. The van der Waals surface area contributed by atoms with Gasteiger partial charge in [0.15, 0.2) is 0 Å². The van der Waals surface area contributed by atoms with Gasteiger partial charge in [-0.15, -0.1) is 0 Å². The van der Waals surface area contributed by atoms with Crippen LogP contribution in [0.15, 0.2) is 24.5 Å². The fourth-order valence-electron chi connectivity index (χ4n) is 2.22. The quantitative estimate of drug-likeness (QED) is 0.815. The number of pyridine rings is 1. The predicted molar refractivity (Wildman–Crippen MR) is 66.4 cm³/mol. The Balaban J connectivity index is 2.20. The fourth-order valence-corrected chi connectivity index (χ4v) is 2.55. The summed E-state index contributed by atoms with van der Waals surface area (Å²) in [5.41, 5.74) is 1.11. The molecule has 3 nitrogen and oxygen atoms in total. The maximum atomic E-state index is 11.8. The maximum absolute atomic E-state index is 11.8. The summed E-state index contributed by atoms with van der Waals surface area (Å²) >= 11 is 4.38. The lowest BCUT2D eigenvalue weighted by atomic mass is 10.1. The zero-order chi connectivity index (χ0) is 11.5. The number of hydrogen-bond donors (Lipinski definition) is 1. The Morgan fingerprint density at radius 1 is 1.69 bits per heavy atom. The van der Waals surface area contributed by atoms with E-state index in [2.05, 4.69) is 24.5 Å². The average molecular weight is 236 g/mol. The number of aromatic nitrogens is 1. The van der Waals surface area contributed by atoms with Crippen molar-refractivity contribution in [2.24, 2.45) is 0 Å². The molecule has 16 heavy (non-hydrogen) atoms. The van der Waals surface area contributed by atoms with E-state index in [4.69, 9.17) is 0 Å². The molecule has 0 aromatic carbocycles. The molecule has 2 unspecified atom stereocenters. The van der Waals surface area contributed by atoms with Crippen molar-refractivity contribution in [2.45, 2.75) is 31.1 Å². The summed E-state index contributed by atoms with van der Waals surface area (Å²) < 4.78 is 0. The average Bonchev–Trinajstić information content (AvgIpc) is 2.61. The van der Waals surface area contributed by atoms with Crippen LogP contribution < -0.4 is 0 Å². The molecule has 0 radical (unpaired) electrons. The number of rotatable bonds is 3. The second-order valence-electron chi connectivity index (χ2n) is 4.11. The van der Waals surface area contributed by atoms with Crippen molar-refractivity contribution in [1.29, 1.82) is 0 Å². The number of carbonyl (C=O) groups excluding carboxylic acids is 1. The molecule has 1 aromatic heterocycles. The van der Waals surface area contributed by atoms with E-state index in [1.165, 1.54) is 0 Å². The van der Waals surface area contributed by atoms with Gasteiger partial charge in [-0.05, 0) is 18.1 Å². The maximum Gasteiger partial charge on any atom is 0.224 e. The number of amides is 1. The highest BCUT2D eigenvalue weighted by Gasteiger charge is 2.32. The van der Waals surface area contributed by atoms with Crippen molar-refractivity contribution >= 4 is 18.5 Å². The number of nitrogens with zero attached hydrogens (tertiary/aromatic N) is 2. The Kier molecular flexibility index (Phi) is 3.49. The molecule has 4 heteroatoms. The molecule has 2 heterocycles. The predicted octanol–water partition coefficient (Wildman–Crippen LogP) is 2.06. The number of likely N-dealkylation sites (tertiary alicyclic amines) is 1. The van der Waals surface area contributed by atoms with Crippen molar-refractivity contribution in [3.05, 3.63) is 30.1 Å². The molecule has 1 aliphatic rings. The van der Waals surface area contributed by atoms with Crippen LogP contribution in [-0.4, -0.2) is 27.6 Å². The minimum Gasteiger partial charge on any atom is -0.334 e. The standard InChI is InChI=1S/C12H16N2OS/c1-2-11(9-4-3-5-13-7-9)14-8-10(16)6-12(14)15/h3-5,7,10-11,16H,2,6,8H2,1H3. The highest BCUT2D eigenvalue weighted by Crippen LogP contribution is 2.29. The Labute approximate surface area is 101 Å². The second kappa shape index (κ2) is 4.87. The summed E-state index contributed by atoms with van der Waals surface area (Å²) in [4.78, 5) is 17.9. The van der Waals surface area contributed by atoms with Crippen LogP contribution in [0.5, 0.6) is 0 Å². The number of carbonyl (C=O) groups is 1. The summed E-state index contributed by atoms with van der Waals surface area (Å²) in [7, 11) is 0. The zero-order valence-corrected chi connectivity index (χ0v) is 10.2. The summed E-state index contributed by atoms with van der Waals surface area (Å²) in [6.45, 7) is 2.84. The van der Waals surface area contributed by atoms with Crippen LogP contribution in [0.2, 0.25) is 0 Å². The fraction of sp³-hybridized carbons (Fsp3) is 0.500. The lowest BCUT2D eigenvalue weighted by Gasteiger charge is -2.27. The molecular formula is C12H16N2OS. The van der Waals surface area contributed by atoms with Crippen LogP contribution in [0, 0.1) is 0 Å². The number of hydrogen-bond acceptors (Lipinski definition) is 3. The Morgan fingerprint density at radius 2 is 2.50 bits per heavy atom. The van der Waals surface area contributed by atoms with Gasteiger partial charge in [-0.2, -0.15) is 12.6 Å². The second-order valence-corrected chi connectivity index (χ2v) is 4.84. The van der Waals surface area contributed by atoms with E-state index in [0.717, 1.165) is 18.5 Å². The molecule has 1 aromatic rings.